The van der Waals surface area contributed by atoms with E-state index in [4.69, 9.17) is 14.2 Å². The molecular formula is C19H34Cl2N2O4. The lowest BCUT2D eigenvalue weighted by Gasteiger charge is -2.43. The number of likely N-dealkylation sites (tertiary alicyclic amines) is 2. The van der Waals surface area contributed by atoms with E-state index in [-0.39, 0.29) is 49.2 Å². The Morgan fingerprint density at radius 2 is 1.89 bits per heavy atom. The van der Waals surface area contributed by atoms with E-state index < -0.39 is 0 Å². The number of morpholine rings is 1. The second-order valence-electron chi connectivity index (χ2n) is 7.93. The molecule has 1 aliphatic carbocycles. The number of rotatable bonds is 6. The molecule has 4 rings (SSSR count). The van der Waals surface area contributed by atoms with Crippen molar-refractivity contribution in [2.24, 2.45) is 5.92 Å². The minimum atomic E-state index is -0.102. The highest BCUT2D eigenvalue weighted by Gasteiger charge is 2.46. The molecule has 6 nitrogen and oxygen atoms in total. The summed E-state index contributed by atoms with van der Waals surface area (Å²) in [5.74, 6) is -0.173. The van der Waals surface area contributed by atoms with Crippen LogP contribution in [0.3, 0.4) is 0 Å². The Labute approximate surface area is 175 Å². The number of nitrogens with zero attached hydrogens (tertiary/aromatic N) is 2. The summed E-state index contributed by atoms with van der Waals surface area (Å²) in [5, 5.41) is 0. The van der Waals surface area contributed by atoms with Gasteiger partial charge in [-0.2, -0.15) is 0 Å². The van der Waals surface area contributed by atoms with Gasteiger partial charge in [0.15, 0.2) is 6.35 Å². The smallest absolute Gasteiger partial charge is 0.311 e. The third-order valence-electron chi connectivity index (χ3n) is 6.27. The van der Waals surface area contributed by atoms with Crippen LogP contribution in [0.5, 0.6) is 0 Å². The molecule has 1 saturated carbocycles. The zero-order valence-corrected chi connectivity index (χ0v) is 17.8. The Balaban J connectivity index is 0.00000131. The lowest BCUT2D eigenvalue weighted by molar-refractivity contribution is -0.212. The van der Waals surface area contributed by atoms with E-state index in [1.54, 1.807) is 0 Å². The van der Waals surface area contributed by atoms with Crippen LogP contribution in [-0.4, -0.2) is 73.2 Å². The maximum Gasteiger partial charge on any atom is 0.311 e. The van der Waals surface area contributed by atoms with Crippen LogP contribution in [-0.2, 0) is 19.0 Å². The summed E-state index contributed by atoms with van der Waals surface area (Å²) in [6, 6.07) is 0.472. The molecule has 0 unspecified atom stereocenters. The number of fused-ring (bicyclic) bond motifs is 2. The van der Waals surface area contributed by atoms with Crippen LogP contribution in [0, 0.1) is 5.92 Å². The largest absolute Gasteiger partial charge is 0.466 e. The minimum absolute atomic E-state index is 0. The van der Waals surface area contributed by atoms with Gasteiger partial charge in [-0.3, -0.25) is 14.6 Å². The monoisotopic (exact) mass is 424 g/mol. The highest BCUT2D eigenvalue weighted by molar-refractivity contribution is 5.85. The maximum absolute atomic E-state index is 12.4. The summed E-state index contributed by atoms with van der Waals surface area (Å²) in [5.41, 5.74) is 0. The van der Waals surface area contributed by atoms with E-state index in [0.717, 1.165) is 58.3 Å². The first-order chi connectivity index (χ1) is 12.3. The van der Waals surface area contributed by atoms with Crippen LogP contribution in [0.2, 0.25) is 0 Å². The molecule has 8 heteroatoms. The Morgan fingerprint density at radius 1 is 1.15 bits per heavy atom. The van der Waals surface area contributed by atoms with Crippen molar-refractivity contribution >= 4 is 30.8 Å². The van der Waals surface area contributed by atoms with Crippen molar-refractivity contribution in [1.29, 1.82) is 0 Å². The minimum Gasteiger partial charge on any atom is -0.466 e. The molecular weight excluding hydrogens is 391 g/mol. The van der Waals surface area contributed by atoms with E-state index >= 15 is 0 Å². The number of hydrogen-bond donors (Lipinski definition) is 0. The zero-order valence-electron chi connectivity index (χ0n) is 16.2. The fraction of sp³-hybridized carbons (Fsp3) is 0.947. The van der Waals surface area contributed by atoms with Gasteiger partial charge in [0, 0.05) is 25.7 Å². The normalized spacial score (nSPS) is 34.7. The van der Waals surface area contributed by atoms with Gasteiger partial charge in [0.25, 0.3) is 0 Å². The Kier molecular flexibility index (Phi) is 9.10. The molecule has 5 atom stereocenters. The first-order valence-corrected chi connectivity index (χ1v) is 10.2. The van der Waals surface area contributed by atoms with Crippen molar-refractivity contribution in [1.82, 2.24) is 9.80 Å². The molecule has 0 spiro atoms. The lowest BCUT2D eigenvalue weighted by atomic mass is 9.86. The molecule has 0 aromatic carbocycles. The second kappa shape index (κ2) is 10.6. The number of carbonyl (C=O) groups is 1. The van der Waals surface area contributed by atoms with Crippen LogP contribution < -0.4 is 0 Å². The molecule has 4 aliphatic rings. The molecule has 3 saturated heterocycles. The molecule has 158 valence electrons. The van der Waals surface area contributed by atoms with E-state index in [0.29, 0.717) is 18.8 Å². The molecule has 0 radical (unpaired) electrons. The fourth-order valence-electron chi connectivity index (χ4n) is 4.97. The highest BCUT2D eigenvalue weighted by Crippen LogP contribution is 2.35. The highest BCUT2D eigenvalue weighted by atomic mass is 35.5. The first kappa shape index (κ1) is 23.2. The average molecular weight is 425 g/mol. The SMILES string of the molecule is CCOC(=O)[C@H]1CCCC[C@@H]1O[C@@H](N1CCCC1)N1C[C@@H]2C[C@H]1CO2.Cl.Cl. The zero-order chi connectivity index (χ0) is 17.2. The average Bonchev–Trinajstić information content (AvgIpc) is 3.38. The van der Waals surface area contributed by atoms with Crippen LogP contribution >= 0.6 is 24.8 Å². The van der Waals surface area contributed by atoms with Gasteiger partial charge in [-0.1, -0.05) is 12.8 Å². The molecule has 0 amide bonds. The molecule has 27 heavy (non-hydrogen) atoms. The van der Waals surface area contributed by atoms with Crippen molar-refractivity contribution < 1.29 is 19.0 Å². The van der Waals surface area contributed by atoms with Gasteiger partial charge < -0.3 is 14.2 Å². The number of hydrogen-bond acceptors (Lipinski definition) is 6. The van der Waals surface area contributed by atoms with Crippen molar-refractivity contribution in [3.05, 3.63) is 0 Å². The molecule has 3 aliphatic heterocycles. The Hall–Kier alpha value is -0.110. The number of ether oxygens (including phenoxy) is 3. The third kappa shape index (κ3) is 5.09. The van der Waals surface area contributed by atoms with E-state index in [1.165, 1.54) is 12.8 Å². The van der Waals surface area contributed by atoms with E-state index in [9.17, 15) is 4.79 Å². The predicted molar refractivity (Wildman–Crippen MR) is 107 cm³/mol. The van der Waals surface area contributed by atoms with Gasteiger partial charge in [-0.05, 0) is 39.0 Å². The molecule has 0 aromatic rings. The van der Waals surface area contributed by atoms with Crippen LogP contribution in [0.25, 0.3) is 0 Å². The summed E-state index contributed by atoms with van der Waals surface area (Å²) >= 11 is 0. The van der Waals surface area contributed by atoms with Gasteiger partial charge in [0.1, 0.15) is 0 Å². The second-order valence-corrected chi connectivity index (χ2v) is 7.93. The molecule has 0 aromatic heterocycles. The van der Waals surface area contributed by atoms with Gasteiger partial charge in [-0.15, -0.1) is 24.8 Å². The number of halogens is 2. The summed E-state index contributed by atoms with van der Waals surface area (Å²) in [6.07, 6.45) is 8.06. The predicted octanol–water partition coefficient (Wildman–Crippen LogP) is 2.82. The van der Waals surface area contributed by atoms with Crippen molar-refractivity contribution in [3.63, 3.8) is 0 Å². The van der Waals surface area contributed by atoms with Gasteiger partial charge in [-0.25, -0.2) is 0 Å². The molecule has 2 bridgehead atoms. The van der Waals surface area contributed by atoms with Crippen molar-refractivity contribution in [2.75, 3.05) is 32.8 Å². The summed E-state index contributed by atoms with van der Waals surface area (Å²) in [7, 11) is 0. The van der Waals surface area contributed by atoms with Crippen molar-refractivity contribution in [3.8, 4) is 0 Å². The first-order valence-electron chi connectivity index (χ1n) is 10.2. The molecule has 4 fully saturated rings. The third-order valence-corrected chi connectivity index (χ3v) is 6.27. The van der Waals surface area contributed by atoms with Crippen molar-refractivity contribution in [2.45, 2.75) is 76.5 Å². The number of carbonyl (C=O) groups excluding carboxylic acids is 1. The summed E-state index contributed by atoms with van der Waals surface area (Å²) in [6.45, 7) is 6.30. The van der Waals surface area contributed by atoms with Gasteiger partial charge in [0.2, 0.25) is 0 Å². The van der Waals surface area contributed by atoms with Crippen LogP contribution in [0.4, 0.5) is 0 Å². The van der Waals surface area contributed by atoms with Gasteiger partial charge >= 0.3 is 5.97 Å². The Bertz CT molecular complexity index is 479. The Morgan fingerprint density at radius 3 is 2.52 bits per heavy atom. The van der Waals surface area contributed by atoms with Crippen LogP contribution in [0.15, 0.2) is 0 Å². The fourth-order valence-corrected chi connectivity index (χ4v) is 4.97. The standard InChI is InChI=1S/C19H32N2O4.2ClH/c1-2-23-18(22)16-7-3-4-8-17(16)25-19(20-9-5-6-10-20)21-12-15-11-14(21)13-24-15;;/h14-17,19H,2-13H2,1H3;2*1H/t14-,15-,16-,17-,19-;;/m0../s1. The van der Waals surface area contributed by atoms with Gasteiger partial charge in [0.05, 0.1) is 31.3 Å². The summed E-state index contributed by atoms with van der Waals surface area (Å²) in [4.78, 5) is 17.4. The quantitative estimate of drug-likeness (QED) is 0.610. The molecule has 3 heterocycles. The van der Waals surface area contributed by atoms with E-state index in [2.05, 4.69) is 9.80 Å². The summed E-state index contributed by atoms with van der Waals surface area (Å²) < 4.78 is 17.8. The maximum atomic E-state index is 12.4. The molecule has 0 N–H and O–H groups in total. The van der Waals surface area contributed by atoms with E-state index in [1.807, 2.05) is 6.92 Å². The lowest BCUT2D eigenvalue weighted by Crippen LogP contribution is -2.56. The topological polar surface area (TPSA) is 51.2 Å². The number of esters is 1. The van der Waals surface area contributed by atoms with Crippen LogP contribution in [0.1, 0.15) is 51.9 Å².